The lowest BCUT2D eigenvalue weighted by molar-refractivity contribution is -0.140. The molecule has 2 aromatic rings. The van der Waals surface area contributed by atoms with Gasteiger partial charge in [-0.2, -0.15) is 0 Å². The summed E-state index contributed by atoms with van der Waals surface area (Å²) < 4.78 is 0. The Morgan fingerprint density at radius 3 is 2.24 bits per heavy atom. The van der Waals surface area contributed by atoms with Crippen molar-refractivity contribution in [2.45, 2.75) is 65.5 Å². The van der Waals surface area contributed by atoms with Crippen LogP contribution in [0.3, 0.4) is 0 Å². The van der Waals surface area contributed by atoms with E-state index in [4.69, 9.17) is 0 Å². The van der Waals surface area contributed by atoms with E-state index in [-0.39, 0.29) is 17.9 Å². The highest BCUT2D eigenvalue weighted by Gasteiger charge is 2.29. The van der Waals surface area contributed by atoms with Gasteiger partial charge in [-0.1, -0.05) is 68.4 Å². The Labute approximate surface area is 175 Å². The van der Waals surface area contributed by atoms with Crippen LogP contribution in [0.1, 0.15) is 50.3 Å². The summed E-state index contributed by atoms with van der Waals surface area (Å²) in [5.74, 6) is -0.0607. The van der Waals surface area contributed by atoms with Crippen LogP contribution in [0.2, 0.25) is 0 Å². The van der Waals surface area contributed by atoms with Crippen LogP contribution in [-0.4, -0.2) is 35.3 Å². The van der Waals surface area contributed by atoms with Crippen molar-refractivity contribution in [2.24, 2.45) is 0 Å². The molecular weight excluding hydrogens is 360 g/mol. The fourth-order valence-electron chi connectivity index (χ4n) is 3.41. The molecule has 4 nitrogen and oxygen atoms in total. The predicted octanol–water partition coefficient (Wildman–Crippen LogP) is 4.30. The lowest BCUT2D eigenvalue weighted by Gasteiger charge is -2.31. The number of hydrogen-bond acceptors (Lipinski definition) is 2. The lowest BCUT2D eigenvalue weighted by atomic mass is 10.0. The Hall–Kier alpha value is -2.62. The molecule has 2 amide bonds. The van der Waals surface area contributed by atoms with Gasteiger partial charge in [0.2, 0.25) is 11.8 Å². The van der Waals surface area contributed by atoms with E-state index in [0.717, 1.165) is 24.0 Å². The topological polar surface area (TPSA) is 49.4 Å². The van der Waals surface area contributed by atoms with Crippen molar-refractivity contribution in [3.8, 4) is 0 Å². The molecule has 2 atom stereocenters. The largest absolute Gasteiger partial charge is 0.352 e. The van der Waals surface area contributed by atoms with Gasteiger partial charge >= 0.3 is 0 Å². The highest BCUT2D eigenvalue weighted by molar-refractivity contribution is 5.88. The van der Waals surface area contributed by atoms with Crippen LogP contribution in [0.5, 0.6) is 0 Å². The van der Waals surface area contributed by atoms with Crippen molar-refractivity contribution in [1.29, 1.82) is 0 Å². The molecule has 2 aromatic carbocycles. The minimum atomic E-state index is -0.454. The number of carbonyl (C=O) groups is 2. The molecule has 0 aliphatic rings. The maximum absolute atomic E-state index is 13.3. The van der Waals surface area contributed by atoms with E-state index in [1.165, 1.54) is 5.56 Å². The van der Waals surface area contributed by atoms with Gasteiger partial charge in [0, 0.05) is 12.6 Å². The maximum atomic E-state index is 13.3. The first kappa shape index (κ1) is 22.7. The monoisotopic (exact) mass is 394 g/mol. The van der Waals surface area contributed by atoms with E-state index in [1.54, 1.807) is 4.90 Å². The van der Waals surface area contributed by atoms with Crippen molar-refractivity contribution in [1.82, 2.24) is 10.2 Å². The minimum absolute atomic E-state index is 0.00128. The van der Waals surface area contributed by atoms with Crippen LogP contribution in [0, 0.1) is 6.92 Å². The second kappa shape index (κ2) is 11.4. The molecule has 0 spiro atoms. The Balaban J connectivity index is 2.21. The van der Waals surface area contributed by atoms with Crippen LogP contribution in [-0.2, 0) is 22.4 Å². The van der Waals surface area contributed by atoms with E-state index >= 15 is 0 Å². The zero-order valence-corrected chi connectivity index (χ0v) is 18.2. The molecule has 0 saturated heterocycles. The number of aryl methyl sites for hydroxylation is 1. The van der Waals surface area contributed by atoms with E-state index in [2.05, 4.69) is 17.4 Å². The van der Waals surface area contributed by atoms with Crippen molar-refractivity contribution in [2.75, 3.05) is 6.54 Å². The fourth-order valence-corrected chi connectivity index (χ4v) is 3.41. The van der Waals surface area contributed by atoms with Crippen molar-refractivity contribution in [3.63, 3.8) is 0 Å². The number of hydrogen-bond donors (Lipinski definition) is 1. The Morgan fingerprint density at radius 2 is 1.62 bits per heavy atom. The Bertz CT molecular complexity index is 788. The van der Waals surface area contributed by atoms with E-state index in [0.29, 0.717) is 19.4 Å². The number of rotatable bonds is 10. The molecule has 0 unspecified atom stereocenters. The molecule has 0 fully saturated rings. The van der Waals surface area contributed by atoms with Crippen molar-refractivity contribution < 1.29 is 9.59 Å². The van der Waals surface area contributed by atoms with E-state index < -0.39 is 6.04 Å². The summed E-state index contributed by atoms with van der Waals surface area (Å²) in [6.45, 7) is 8.55. The summed E-state index contributed by atoms with van der Waals surface area (Å²) in [5.41, 5.74) is 3.28. The zero-order valence-electron chi connectivity index (χ0n) is 18.2. The summed E-state index contributed by atoms with van der Waals surface area (Å²) in [5, 5.41) is 3.06. The maximum Gasteiger partial charge on any atom is 0.243 e. The first-order valence-corrected chi connectivity index (χ1v) is 10.6. The third-order valence-corrected chi connectivity index (χ3v) is 5.47. The molecule has 4 heteroatoms. The number of benzene rings is 2. The molecule has 0 bridgehead atoms. The highest BCUT2D eigenvalue weighted by Crippen LogP contribution is 2.14. The normalized spacial score (nSPS) is 12.8. The summed E-state index contributed by atoms with van der Waals surface area (Å²) in [6.07, 6.45) is 2.50. The summed E-state index contributed by atoms with van der Waals surface area (Å²) >= 11 is 0. The quantitative estimate of drug-likeness (QED) is 0.653. The second-order valence-electron chi connectivity index (χ2n) is 7.67. The molecule has 156 valence electrons. The molecular formula is C25H34N2O2. The average molecular weight is 395 g/mol. The van der Waals surface area contributed by atoms with Crippen molar-refractivity contribution in [3.05, 3.63) is 71.3 Å². The van der Waals surface area contributed by atoms with Gasteiger partial charge in [0.15, 0.2) is 0 Å². The zero-order chi connectivity index (χ0) is 21.2. The van der Waals surface area contributed by atoms with Gasteiger partial charge in [0.05, 0.1) is 6.42 Å². The summed E-state index contributed by atoms with van der Waals surface area (Å²) in [4.78, 5) is 28.0. The first-order chi connectivity index (χ1) is 14.0. The standard InChI is InChI=1S/C25H34N2O2/c1-5-20(4)26-25(29)23(6-2)27(17-16-21-13-8-7-9-14-21)24(28)18-22-15-11-10-12-19(22)3/h7-15,20,23H,5-6,16-18H2,1-4H3,(H,26,29)/t20-,23-/m0/s1. The number of amides is 2. The number of nitrogens with one attached hydrogen (secondary N) is 1. The van der Waals surface area contributed by atoms with Gasteiger partial charge in [-0.25, -0.2) is 0 Å². The molecule has 0 saturated carbocycles. The number of nitrogens with zero attached hydrogens (tertiary/aromatic N) is 1. The van der Waals surface area contributed by atoms with Crippen LogP contribution in [0.25, 0.3) is 0 Å². The van der Waals surface area contributed by atoms with Crippen LogP contribution in [0.15, 0.2) is 54.6 Å². The van der Waals surface area contributed by atoms with Crippen molar-refractivity contribution >= 4 is 11.8 Å². The summed E-state index contributed by atoms with van der Waals surface area (Å²) in [6, 6.07) is 17.7. The van der Waals surface area contributed by atoms with Gasteiger partial charge in [0.1, 0.15) is 6.04 Å². The number of carbonyl (C=O) groups excluding carboxylic acids is 2. The third-order valence-electron chi connectivity index (χ3n) is 5.47. The third kappa shape index (κ3) is 6.74. The lowest BCUT2D eigenvalue weighted by Crippen LogP contribution is -2.52. The van der Waals surface area contributed by atoms with Crippen LogP contribution >= 0.6 is 0 Å². The molecule has 2 rings (SSSR count). The van der Waals surface area contributed by atoms with Crippen LogP contribution < -0.4 is 5.32 Å². The van der Waals surface area contributed by atoms with Crippen LogP contribution in [0.4, 0.5) is 0 Å². The SMILES string of the molecule is CC[C@H](C)NC(=O)[C@H](CC)N(CCc1ccccc1)C(=O)Cc1ccccc1C. The molecule has 0 aliphatic heterocycles. The molecule has 1 N–H and O–H groups in total. The molecule has 29 heavy (non-hydrogen) atoms. The van der Waals surface area contributed by atoms with E-state index in [1.807, 2.05) is 70.2 Å². The molecule has 0 heterocycles. The Kier molecular flexibility index (Phi) is 8.91. The second-order valence-corrected chi connectivity index (χ2v) is 7.67. The minimum Gasteiger partial charge on any atom is -0.352 e. The fraction of sp³-hybridized carbons (Fsp3) is 0.440. The molecule has 0 aliphatic carbocycles. The average Bonchev–Trinajstić information content (AvgIpc) is 2.73. The predicted molar refractivity (Wildman–Crippen MR) is 119 cm³/mol. The van der Waals surface area contributed by atoms with E-state index in [9.17, 15) is 9.59 Å². The summed E-state index contributed by atoms with van der Waals surface area (Å²) in [7, 11) is 0. The highest BCUT2D eigenvalue weighted by atomic mass is 16.2. The smallest absolute Gasteiger partial charge is 0.243 e. The molecule has 0 radical (unpaired) electrons. The molecule has 0 aromatic heterocycles. The van der Waals surface area contributed by atoms with Gasteiger partial charge in [0.25, 0.3) is 0 Å². The van der Waals surface area contributed by atoms with Gasteiger partial charge in [-0.3, -0.25) is 9.59 Å². The van der Waals surface area contributed by atoms with Gasteiger partial charge in [-0.15, -0.1) is 0 Å². The first-order valence-electron chi connectivity index (χ1n) is 10.6. The van der Waals surface area contributed by atoms with Gasteiger partial charge in [-0.05, 0) is 49.8 Å². The Morgan fingerprint density at radius 1 is 0.966 bits per heavy atom. The van der Waals surface area contributed by atoms with Gasteiger partial charge < -0.3 is 10.2 Å².